The van der Waals surface area contributed by atoms with Crippen molar-refractivity contribution in [1.82, 2.24) is 4.57 Å². The smallest absolute Gasteiger partial charge is 0.355 e. The van der Waals surface area contributed by atoms with Crippen LogP contribution in [0.3, 0.4) is 0 Å². The summed E-state index contributed by atoms with van der Waals surface area (Å²) in [5.41, 5.74) is 5.96. The van der Waals surface area contributed by atoms with Crippen LogP contribution in [-0.2, 0) is 16.6 Å². The zero-order valence-corrected chi connectivity index (χ0v) is 12.5. The highest BCUT2D eigenvalue weighted by Crippen LogP contribution is 2.17. The average molecular weight is 281 g/mol. The standard InChI is InChI=1S/C14H23N3O3/c1-5-7-14(3,15)13(19)16-10-8-11(17(4)9-10)12(18)20-6-2/h8-9H,5-7,15H2,1-4H3,(H,16,19). The first-order valence-corrected chi connectivity index (χ1v) is 6.75. The van der Waals surface area contributed by atoms with E-state index in [4.69, 9.17) is 10.5 Å². The average Bonchev–Trinajstić information content (AvgIpc) is 2.70. The molecule has 1 aromatic rings. The topological polar surface area (TPSA) is 86.3 Å². The van der Waals surface area contributed by atoms with Gasteiger partial charge in [0.1, 0.15) is 5.69 Å². The summed E-state index contributed by atoms with van der Waals surface area (Å²) in [7, 11) is 1.72. The molecule has 1 aromatic heterocycles. The van der Waals surface area contributed by atoms with Gasteiger partial charge in [-0.3, -0.25) is 4.79 Å². The van der Waals surface area contributed by atoms with Crippen molar-refractivity contribution in [1.29, 1.82) is 0 Å². The lowest BCUT2D eigenvalue weighted by Crippen LogP contribution is -2.48. The molecule has 0 spiro atoms. The van der Waals surface area contributed by atoms with Crippen LogP contribution in [0.1, 0.15) is 44.1 Å². The Morgan fingerprint density at radius 1 is 1.45 bits per heavy atom. The van der Waals surface area contributed by atoms with Crippen LogP contribution < -0.4 is 11.1 Å². The maximum absolute atomic E-state index is 12.1. The van der Waals surface area contributed by atoms with Crippen LogP contribution in [-0.4, -0.2) is 28.6 Å². The number of esters is 1. The summed E-state index contributed by atoms with van der Waals surface area (Å²) in [6.07, 6.45) is 3.08. The van der Waals surface area contributed by atoms with Crippen LogP contribution in [0.4, 0.5) is 5.69 Å². The lowest BCUT2D eigenvalue weighted by Gasteiger charge is -2.22. The van der Waals surface area contributed by atoms with E-state index in [1.165, 1.54) is 0 Å². The molecule has 20 heavy (non-hydrogen) atoms. The summed E-state index contributed by atoms with van der Waals surface area (Å²) in [4.78, 5) is 23.8. The van der Waals surface area contributed by atoms with Gasteiger partial charge in [-0.1, -0.05) is 13.3 Å². The summed E-state index contributed by atoms with van der Waals surface area (Å²) in [6.45, 7) is 5.72. The number of carbonyl (C=O) groups is 2. The van der Waals surface area contributed by atoms with Gasteiger partial charge in [0.25, 0.3) is 0 Å². The van der Waals surface area contributed by atoms with Gasteiger partial charge in [0, 0.05) is 13.2 Å². The number of aryl methyl sites for hydroxylation is 1. The maximum Gasteiger partial charge on any atom is 0.355 e. The fraction of sp³-hybridized carbons (Fsp3) is 0.571. The molecule has 1 unspecified atom stereocenters. The summed E-state index contributed by atoms with van der Waals surface area (Å²) in [5.74, 6) is -0.681. The highest BCUT2D eigenvalue weighted by atomic mass is 16.5. The second-order valence-electron chi connectivity index (χ2n) is 5.07. The van der Waals surface area contributed by atoms with E-state index in [2.05, 4.69) is 5.32 Å². The Balaban J connectivity index is 2.82. The molecular weight excluding hydrogens is 258 g/mol. The zero-order valence-electron chi connectivity index (χ0n) is 12.5. The third-order valence-electron chi connectivity index (χ3n) is 3.04. The molecule has 0 bridgehead atoms. The number of nitrogens with one attached hydrogen (secondary N) is 1. The van der Waals surface area contributed by atoms with Crippen molar-refractivity contribution in [2.24, 2.45) is 12.8 Å². The van der Waals surface area contributed by atoms with E-state index in [-0.39, 0.29) is 5.91 Å². The highest BCUT2D eigenvalue weighted by Gasteiger charge is 2.27. The Bertz CT molecular complexity index is 492. The molecule has 3 N–H and O–H groups in total. The fourth-order valence-electron chi connectivity index (χ4n) is 1.95. The van der Waals surface area contributed by atoms with Crippen LogP contribution in [0.5, 0.6) is 0 Å². The molecule has 6 heteroatoms. The first kappa shape index (κ1) is 16.2. The van der Waals surface area contributed by atoms with Crippen molar-refractivity contribution in [3.8, 4) is 0 Å². The number of hydrogen-bond donors (Lipinski definition) is 2. The van der Waals surface area contributed by atoms with E-state index in [1.54, 1.807) is 37.7 Å². The van der Waals surface area contributed by atoms with Crippen LogP contribution in [0.2, 0.25) is 0 Å². The Hall–Kier alpha value is -1.82. The molecule has 0 aliphatic carbocycles. The Morgan fingerprint density at radius 3 is 2.65 bits per heavy atom. The number of rotatable bonds is 6. The lowest BCUT2D eigenvalue weighted by atomic mass is 9.96. The number of amides is 1. The molecule has 0 radical (unpaired) electrons. The van der Waals surface area contributed by atoms with E-state index in [0.29, 0.717) is 24.4 Å². The first-order valence-electron chi connectivity index (χ1n) is 6.75. The molecule has 1 amide bonds. The van der Waals surface area contributed by atoms with Crippen molar-refractivity contribution in [2.75, 3.05) is 11.9 Å². The van der Waals surface area contributed by atoms with E-state index in [1.807, 2.05) is 6.92 Å². The van der Waals surface area contributed by atoms with Crippen LogP contribution in [0.25, 0.3) is 0 Å². The lowest BCUT2D eigenvalue weighted by molar-refractivity contribution is -0.120. The third kappa shape index (κ3) is 3.84. The van der Waals surface area contributed by atoms with Gasteiger partial charge in [0.15, 0.2) is 0 Å². The van der Waals surface area contributed by atoms with Crippen LogP contribution in [0.15, 0.2) is 12.3 Å². The van der Waals surface area contributed by atoms with Gasteiger partial charge >= 0.3 is 5.97 Å². The van der Waals surface area contributed by atoms with E-state index >= 15 is 0 Å². The minimum Gasteiger partial charge on any atom is -0.461 e. The minimum absolute atomic E-state index is 0.264. The number of hydrogen-bond acceptors (Lipinski definition) is 4. The quantitative estimate of drug-likeness (QED) is 0.776. The molecule has 0 saturated carbocycles. The predicted molar refractivity (Wildman–Crippen MR) is 77.5 cm³/mol. The molecule has 0 fully saturated rings. The molecule has 0 saturated heterocycles. The van der Waals surface area contributed by atoms with Crippen molar-refractivity contribution in [3.63, 3.8) is 0 Å². The normalized spacial score (nSPS) is 13.7. The molecule has 0 aliphatic heterocycles. The molecule has 6 nitrogen and oxygen atoms in total. The molecule has 112 valence electrons. The Kier molecular flexibility index (Phi) is 5.33. The largest absolute Gasteiger partial charge is 0.461 e. The minimum atomic E-state index is -0.922. The Morgan fingerprint density at radius 2 is 2.10 bits per heavy atom. The number of ether oxygens (including phenoxy) is 1. The number of nitrogens with two attached hydrogens (primary N) is 1. The summed E-state index contributed by atoms with van der Waals surface area (Å²) in [5, 5.41) is 2.73. The fourth-order valence-corrected chi connectivity index (χ4v) is 1.95. The predicted octanol–water partition coefficient (Wildman–Crippen LogP) is 1.66. The van der Waals surface area contributed by atoms with Gasteiger partial charge in [0.2, 0.25) is 5.91 Å². The van der Waals surface area contributed by atoms with E-state index in [0.717, 1.165) is 6.42 Å². The van der Waals surface area contributed by atoms with Crippen molar-refractivity contribution in [2.45, 2.75) is 39.2 Å². The van der Waals surface area contributed by atoms with E-state index in [9.17, 15) is 9.59 Å². The number of anilines is 1. The summed E-state index contributed by atoms with van der Waals surface area (Å²) < 4.78 is 6.55. The number of carbonyl (C=O) groups excluding carboxylic acids is 2. The number of nitrogens with zero attached hydrogens (tertiary/aromatic N) is 1. The Labute approximate surface area is 119 Å². The molecule has 0 aliphatic rings. The molecule has 1 atom stereocenters. The number of aromatic nitrogens is 1. The van der Waals surface area contributed by atoms with E-state index < -0.39 is 11.5 Å². The molecule has 1 heterocycles. The van der Waals surface area contributed by atoms with Gasteiger partial charge in [0.05, 0.1) is 17.8 Å². The van der Waals surface area contributed by atoms with Crippen molar-refractivity contribution in [3.05, 3.63) is 18.0 Å². The second kappa shape index (κ2) is 6.56. The van der Waals surface area contributed by atoms with Gasteiger partial charge in [-0.25, -0.2) is 4.79 Å². The SMILES string of the molecule is CCCC(C)(N)C(=O)Nc1cc(C(=O)OCC)n(C)c1. The van der Waals surface area contributed by atoms with Gasteiger partial charge in [-0.05, 0) is 26.3 Å². The molecule has 1 rings (SSSR count). The van der Waals surface area contributed by atoms with Crippen LogP contribution >= 0.6 is 0 Å². The first-order chi connectivity index (χ1) is 9.31. The van der Waals surface area contributed by atoms with Gasteiger partial charge in [-0.15, -0.1) is 0 Å². The van der Waals surface area contributed by atoms with Crippen molar-refractivity contribution >= 4 is 17.6 Å². The van der Waals surface area contributed by atoms with Crippen molar-refractivity contribution < 1.29 is 14.3 Å². The molecule has 0 aromatic carbocycles. The maximum atomic E-state index is 12.1. The molecular formula is C14H23N3O3. The summed E-state index contributed by atoms with van der Waals surface area (Å²) >= 11 is 0. The van der Waals surface area contributed by atoms with Gasteiger partial charge in [-0.2, -0.15) is 0 Å². The zero-order chi connectivity index (χ0) is 15.3. The highest BCUT2D eigenvalue weighted by molar-refractivity contribution is 5.99. The second-order valence-corrected chi connectivity index (χ2v) is 5.07. The third-order valence-corrected chi connectivity index (χ3v) is 3.04. The van der Waals surface area contributed by atoms with Crippen LogP contribution in [0, 0.1) is 0 Å². The monoisotopic (exact) mass is 281 g/mol. The summed E-state index contributed by atoms with van der Waals surface area (Å²) in [6, 6.07) is 1.58. The van der Waals surface area contributed by atoms with Gasteiger partial charge < -0.3 is 20.4 Å².